The van der Waals surface area contributed by atoms with Gasteiger partial charge in [0.2, 0.25) is 0 Å². The van der Waals surface area contributed by atoms with Crippen molar-refractivity contribution in [1.29, 1.82) is 0 Å². The predicted octanol–water partition coefficient (Wildman–Crippen LogP) is 4.42. The fourth-order valence-corrected chi connectivity index (χ4v) is 3.02. The minimum Gasteiger partial charge on any atom is -0.297 e. The Morgan fingerprint density at radius 3 is 2.50 bits per heavy atom. The molecule has 3 aromatic rings. The zero-order valence-electron chi connectivity index (χ0n) is 11.0. The molecule has 1 heterocycles. The number of rotatable bonds is 1. The van der Waals surface area contributed by atoms with Crippen molar-refractivity contribution in [3.63, 3.8) is 0 Å². The molecule has 1 aromatic heterocycles. The summed E-state index contributed by atoms with van der Waals surface area (Å²) >= 11 is 1.49. The number of hydrogen-bond acceptors (Lipinski definition) is 2. The Morgan fingerprint density at radius 1 is 1.00 bits per heavy atom. The monoisotopic (exact) mass is 276 g/mol. The van der Waals surface area contributed by atoms with Gasteiger partial charge in [-0.15, -0.1) is 11.3 Å². The van der Waals surface area contributed by atoms with Crippen LogP contribution in [0.5, 0.6) is 0 Å². The van der Waals surface area contributed by atoms with Gasteiger partial charge in [-0.25, -0.2) is 0 Å². The highest BCUT2D eigenvalue weighted by molar-refractivity contribution is 7.20. The number of hydrogen-bond donors (Lipinski definition) is 0. The highest BCUT2D eigenvalue weighted by Crippen LogP contribution is 2.29. The first-order chi connectivity index (χ1) is 9.78. The Hall–Kier alpha value is -2.37. The second kappa shape index (κ2) is 5.32. The number of carbonyl (C=O) groups is 1. The molecular weight excluding hydrogens is 264 g/mol. The van der Waals surface area contributed by atoms with Crippen molar-refractivity contribution in [1.82, 2.24) is 0 Å². The van der Waals surface area contributed by atoms with E-state index in [1.54, 1.807) is 0 Å². The predicted molar refractivity (Wildman–Crippen MR) is 84.4 cm³/mol. The number of benzene rings is 2. The Balaban J connectivity index is 2.11. The minimum absolute atomic E-state index is 0.700. The van der Waals surface area contributed by atoms with Gasteiger partial charge in [-0.1, -0.05) is 47.7 Å². The normalized spacial score (nSPS) is 10.1. The maximum Gasteiger partial charge on any atom is 0.161 e. The van der Waals surface area contributed by atoms with Gasteiger partial charge >= 0.3 is 0 Å². The third kappa shape index (κ3) is 2.36. The zero-order valence-corrected chi connectivity index (χ0v) is 11.8. The van der Waals surface area contributed by atoms with E-state index >= 15 is 0 Å². The minimum atomic E-state index is 0.700. The molecule has 0 atom stereocenters. The quantitative estimate of drug-likeness (QED) is 0.475. The van der Waals surface area contributed by atoms with Crippen molar-refractivity contribution < 1.29 is 4.79 Å². The maximum atomic E-state index is 11.2. The first-order valence-electron chi connectivity index (χ1n) is 6.33. The topological polar surface area (TPSA) is 17.1 Å². The summed E-state index contributed by atoms with van der Waals surface area (Å²) in [5.74, 6) is 6.29. The van der Waals surface area contributed by atoms with Crippen LogP contribution in [0.1, 0.15) is 26.4 Å². The molecule has 20 heavy (non-hydrogen) atoms. The molecule has 0 saturated heterocycles. The van der Waals surface area contributed by atoms with Gasteiger partial charge in [0.15, 0.2) is 6.29 Å². The SMILES string of the molecule is Cc1ccc(C#Cc2c(C=O)sc3ccccc23)cc1. The van der Waals surface area contributed by atoms with Gasteiger partial charge in [0.25, 0.3) is 0 Å². The number of fused-ring (bicyclic) bond motifs is 1. The van der Waals surface area contributed by atoms with E-state index < -0.39 is 0 Å². The lowest BCUT2D eigenvalue weighted by Gasteiger charge is -1.92. The summed E-state index contributed by atoms with van der Waals surface area (Å²) in [6.07, 6.45) is 0.893. The molecule has 0 amide bonds. The molecule has 0 radical (unpaired) electrons. The summed E-state index contributed by atoms with van der Waals surface area (Å²) in [7, 11) is 0. The van der Waals surface area contributed by atoms with E-state index in [-0.39, 0.29) is 0 Å². The Kier molecular flexibility index (Phi) is 3.37. The van der Waals surface area contributed by atoms with Crippen LogP contribution in [-0.2, 0) is 0 Å². The summed E-state index contributed by atoms with van der Waals surface area (Å²) in [5, 5.41) is 1.05. The molecule has 2 heteroatoms. The Morgan fingerprint density at radius 2 is 1.75 bits per heavy atom. The maximum absolute atomic E-state index is 11.2. The van der Waals surface area contributed by atoms with E-state index in [4.69, 9.17) is 0 Å². The number of aldehydes is 1. The van der Waals surface area contributed by atoms with Gasteiger partial charge in [0, 0.05) is 15.6 Å². The third-order valence-corrected chi connectivity index (χ3v) is 4.21. The fourth-order valence-electron chi connectivity index (χ4n) is 2.05. The van der Waals surface area contributed by atoms with E-state index in [0.29, 0.717) is 4.88 Å². The largest absolute Gasteiger partial charge is 0.297 e. The third-order valence-electron chi connectivity index (χ3n) is 3.11. The molecule has 0 aliphatic heterocycles. The molecule has 0 saturated carbocycles. The molecule has 0 aliphatic carbocycles. The van der Waals surface area contributed by atoms with Crippen LogP contribution >= 0.6 is 11.3 Å². The summed E-state index contributed by atoms with van der Waals surface area (Å²) in [4.78, 5) is 11.9. The van der Waals surface area contributed by atoms with Crippen molar-refractivity contribution in [2.75, 3.05) is 0 Å². The van der Waals surface area contributed by atoms with Crippen molar-refractivity contribution in [2.45, 2.75) is 6.92 Å². The summed E-state index contributed by atoms with van der Waals surface area (Å²) in [6.45, 7) is 2.05. The molecule has 1 nitrogen and oxygen atoms in total. The lowest BCUT2D eigenvalue weighted by atomic mass is 10.1. The van der Waals surface area contributed by atoms with E-state index in [1.165, 1.54) is 16.9 Å². The van der Waals surface area contributed by atoms with Gasteiger partial charge in [-0.2, -0.15) is 0 Å². The second-order valence-corrected chi connectivity index (χ2v) is 5.66. The molecule has 0 spiro atoms. The van der Waals surface area contributed by atoms with Crippen molar-refractivity contribution in [3.8, 4) is 11.8 Å². The van der Waals surface area contributed by atoms with Crippen LogP contribution in [0.3, 0.4) is 0 Å². The van der Waals surface area contributed by atoms with E-state index in [0.717, 1.165) is 27.5 Å². The standard InChI is InChI=1S/C18H12OS/c1-13-6-8-14(9-7-13)10-11-16-15-4-2-3-5-17(15)20-18(16)12-19/h2-9,12H,1H3. The van der Waals surface area contributed by atoms with Crippen LogP contribution in [0.15, 0.2) is 48.5 Å². The van der Waals surface area contributed by atoms with Crippen molar-refractivity contribution in [2.24, 2.45) is 0 Å². The fraction of sp³-hybridized carbons (Fsp3) is 0.0556. The van der Waals surface area contributed by atoms with Gasteiger partial charge in [-0.3, -0.25) is 4.79 Å². The van der Waals surface area contributed by atoms with Gasteiger partial charge < -0.3 is 0 Å². The Labute approximate surface area is 121 Å². The van der Waals surface area contributed by atoms with Crippen LogP contribution in [0.25, 0.3) is 10.1 Å². The van der Waals surface area contributed by atoms with Crippen LogP contribution in [-0.4, -0.2) is 6.29 Å². The first-order valence-corrected chi connectivity index (χ1v) is 7.15. The van der Waals surface area contributed by atoms with Crippen LogP contribution in [0, 0.1) is 18.8 Å². The Bertz CT molecular complexity index is 829. The lowest BCUT2D eigenvalue weighted by molar-refractivity contribution is 0.112. The molecule has 3 rings (SSSR count). The summed E-state index contributed by atoms with van der Waals surface area (Å²) < 4.78 is 1.10. The van der Waals surface area contributed by atoms with Crippen LogP contribution < -0.4 is 0 Å². The van der Waals surface area contributed by atoms with Gasteiger partial charge in [0.05, 0.1) is 10.4 Å². The molecule has 0 aliphatic rings. The molecule has 0 unspecified atom stereocenters. The van der Waals surface area contributed by atoms with Crippen molar-refractivity contribution >= 4 is 27.7 Å². The van der Waals surface area contributed by atoms with Crippen LogP contribution in [0.4, 0.5) is 0 Å². The second-order valence-electron chi connectivity index (χ2n) is 4.57. The van der Waals surface area contributed by atoms with Crippen molar-refractivity contribution in [3.05, 3.63) is 70.1 Å². The van der Waals surface area contributed by atoms with Gasteiger partial charge in [-0.05, 0) is 25.1 Å². The molecule has 0 N–H and O–H groups in total. The average Bonchev–Trinajstić information content (AvgIpc) is 2.84. The van der Waals surface area contributed by atoms with Gasteiger partial charge in [0.1, 0.15) is 0 Å². The van der Waals surface area contributed by atoms with E-state index in [9.17, 15) is 4.79 Å². The highest BCUT2D eigenvalue weighted by atomic mass is 32.1. The number of thiophene rings is 1. The summed E-state index contributed by atoms with van der Waals surface area (Å²) in [6, 6.07) is 16.1. The lowest BCUT2D eigenvalue weighted by Crippen LogP contribution is -1.80. The zero-order chi connectivity index (χ0) is 13.9. The molecular formula is C18H12OS. The van der Waals surface area contributed by atoms with E-state index in [1.807, 2.05) is 55.5 Å². The number of carbonyl (C=O) groups excluding carboxylic acids is 1. The molecule has 0 bridgehead atoms. The summed E-state index contributed by atoms with van der Waals surface area (Å²) in [5.41, 5.74) is 3.01. The first kappa shape index (κ1) is 12.7. The van der Waals surface area contributed by atoms with Crippen LogP contribution in [0.2, 0.25) is 0 Å². The molecule has 2 aromatic carbocycles. The van der Waals surface area contributed by atoms with E-state index in [2.05, 4.69) is 11.8 Å². The number of aryl methyl sites for hydroxylation is 1. The smallest absolute Gasteiger partial charge is 0.161 e. The highest BCUT2D eigenvalue weighted by Gasteiger charge is 2.08. The average molecular weight is 276 g/mol. The molecule has 96 valence electrons. The molecule has 0 fully saturated rings.